The molecule has 0 N–H and O–H groups in total. The van der Waals surface area contributed by atoms with Crippen molar-refractivity contribution in [3.05, 3.63) is 101 Å². The highest BCUT2D eigenvalue weighted by Crippen LogP contribution is 2.36. The van der Waals surface area contributed by atoms with Crippen molar-refractivity contribution in [3.8, 4) is 0 Å². The summed E-state index contributed by atoms with van der Waals surface area (Å²) in [5.41, 5.74) is 0.489. The van der Waals surface area contributed by atoms with E-state index in [0.29, 0.717) is 22.0 Å². The van der Waals surface area contributed by atoms with Crippen LogP contribution in [0.4, 0.5) is 0 Å². The molecule has 3 heterocycles. The third kappa shape index (κ3) is 3.34. The maximum Gasteiger partial charge on any atom is 0.184 e. The highest BCUT2D eigenvalue weighted by atomic mass is 32.1. The molecular formula is C22H18N2O3S. The maximum absolute atomic E-state index is 13.5. The summed E-state index contributed by atoms with van der Waals surface area (Å²) in [6.07, 6.45) is 5.00. The lowest BCUT2D eigenvalue weighted by Crippen LogP contribution is -2.32. The highest BCUT2D eigenvalue weighted by Gasteiger charge is 2.41. The number of hydrogen-bond donors (Lipinski definition) is 0. The third-order valence-corrected chi connectivity index (χ3v) is 5.59. The van der Waals surface area contributed by atoms with Crippen LogP contribution in [-0.2, 0) is 7.05 Å². The second-order valence-corrected chi connectivity index (χ2v) is 7.39. The van der Waals surface area contributed by atoms with Gasteiger partial charge in [-0.2, -0.15) is 0 Å². The van der Waals surface area contributed by atoms with E-state index in [1.807, 2.05) is 29.1 Å². The van der Waals surface area contributed by atoms with E-state index < -0.39 is 11.8 Å². The predicted octanol–water partition coefficient (Wildman–Crippen LogP) is 4.59. The molecule has 3 aromatic heterocycles. The molecule has 5 nitrogen and oxygen atoms in total. The fourth-order valence-electron chi connectivity index (χ4n) is 3.36. The number of furan rings is 1. The number of aromatic nitrogens is 2. The van der Waals surface area contributed by atoms with E-state index in [1.165, 1.54) is 11.3 Å². The van der Waals surface area contributed by atoms with Crippen LogP contribution in [0.15, 0.2) is 83.1 Å². The number of carbonyl (C=O) groups excluding carboxylic acids is 2. The van der Waals surface area contributed by atoms with E-state index in [2.05, 4.69) is 4.98 Å². The van der Waals surface area contributed by atoms with Crippen molar-refractivity contribution in [2.45, 2.75) is 5.92 Å². The Morgan fingerprint density at radius 1 is 1.04 bits per heavy atom. The van der Waals surface area contributed by atoms with E-state index in [4.69, 9.17) is 4.42 Å². The van der Waals surface area contributed by atoms with Crippen molar-refractivity contribution in [3.63, 3.8) is 0 Å². The summed E-state index contributed by atoms with van der Waals surface area (Å²) in [6, 6.07) is 16.0. The summed E-state index contributed by atoms with van der Waals surface area (Å²) in [6.45, 7) is 0. The zero-order valence-electron chi connectivity index (χ0n) is 15.2. The number of thiophene rings is 1. The van der Waals surface area contributed by atoms with Crippen LogP contribution in [0, 0.1) is 5.92 Å². The first-order chi connectivity index (χ1) is 13.7. The maximum atomic E-state index is 13.5. The molecular weight excluding hydrogens is 372 g/mol. The van der Waals surface area contributed by atoms with Gasteiger partial charge < -0.3 is 8.98 Å². The molecule has 4 aromatic rings. The molecule has 0 aliphatic carbocycles. The van der Waals surface area contributed by atoms with Crippen LogP contribution >= 0.6 is 11.3 Å². The van der Waals surface area contributed by atoms with Crippen LogP contribution in [-0.4, -0.2) is 21.1 Å². The Kier molecular flexibility index (Phi) is 5.04. The summed E-state index contributed by atoms with van der Waals surface area (Å²) in [5, 5.41) is 1.83. The van der Waals surface area contributed by atoms with Gasteiger partial charge in [0.05, 0.1) is 17.1 Å². The Labute approximate surface area is 166 Å². The second-order valence-electron chi connectivity index (χ2n) is 6.44. The summed E-state index contributed by atoms with van der Waals surface area (Å²) in [7, 11) is 1.85. The minimum Gasteiger partial charge on any atom is -0.469 e. The van der Waals surface area contributed by atoms with Gasteiger partial charge in [0.15, 0.2) is 11.6 Å². The Morgan fingerprint density at radius 3 is 2.46 bits per heavy atom. The topological polar surface area (TPSA) is 65.1 Å². The molecule has 140 valence electrons. The SMILES string of the molecule is Cn1ccnc1C(c1ccco1)C(C(=O)c1ccccc1)C(=O)c1cccs1. The van der Waals surface area contributed by atoms with E-state index in [9.17, 15) is 9.59 Å². The largest absolute Gasteiger partial charge is 0.469 e. The van der Waals surface area contributed by atoms with Crippen LogP contribution < -0.4 is 0 Å². The number of ketones is 2. The third-order valence-electron chi connectivity index (χ3n) is 4.71. The van der Waals surface area contributed by atoms with Crippen molar-refractivity contribution < 1.29 is 14.0 Å². The standard InChI is InChI=1S/C22H18N2O3S/c1-24-12-11-23-22(24)18(16-9-5-13-27-16)19(21(26)17-10-6-14-28-17)20(25)15-7-3-2-4-8-15/h2-14,18-19H,1H3. The second kappa shape index (κ2) is 7.78. The van der Waals surface area contributed by atoms with Crippen molar-refractivity contribution in [2.75, 3.05) is 0 Å². The number of hydrogen-bond acceptors (Lipinski definition) is 5. The van der Waals surface area contributed by atoms with E-state index in [-0.39, 0.29) is 11.6 Å². The molecule has 1 aromatic carbocycles. The van der Waals surface area contributed by atoms with Crippen LogP contribution in [0.3, 0.4) is 0 Å². The van der Waals surface area contributed by atoms with Crippen LogP contribution in [0.2, 0.25) is 0 Å². The molecule has 0 amide bonds. The summed E-state index contributed by atoms with van der Waals surface area (Å²) in [4.78, 5) is 32.0. The quantitative estimate of drug-likeness (QED) is 0.342. The van der Waals surface area contributed by atoms with Gasteiger partial charge in [0.1, 0.15) is 17.5 Å². The fourth-order valence-corrected chi connectivity index (χ4v) is 4.07. The van der Waals surface area contributed by atoms with Gasteiger partial charge in [-0.05, 0) is 23.6 Å². The number of nitrogens with zero attached hydrogens (tertiary/aromatic N) is 2. The van der Waals surface area contributed by atoms with Gasteiger partial charge in [-0.15, -0.1) is 11.3 Å². The molecule has 4 rings (SSSR count). The van der Waals surface area contributed by atoms with Gasteiger partial charge in [-0.25, -0.2) is 4.98 Å². The fraction of sp³-hybridized carbons (Fsp3) is 0.136. The number of Topliss-reactive ketones (excluding diaryl/α,β-unsaturated/α-hetero) is 2. The predicted molar refractivity (Wildman–Crippen MR) is 107 cm³/mol. The van der Waals surface area contributed by atoms with E-state index in [0.717, 1.165) is 0 Å². The van der Waals surface area contributed by atoms with E-state index >= 15 is 0 Å². The minimum absolute atomic E-state index is 0.228. The molecule has 0 fully saturated rings. The Bertz CT molecular complexity index is 1070. The number of carbonyl (C=O) groups is 2. The van der Waals surface area contributed by atoms with Gasteiger partial charge in [0, 0.05) is 25.0 Å². The molecule has 0 radical (unpaired) electrons. The van der Waals surface area contributed by atoms with Gasteiger partial charge in [-0.1, -0.05) is 36.4 Å². The summed E-state index contributed by atoms with van der Waals surface area (Å²) < 4.78 is 7.47. The lowest BCUT2D eigenvalue weighted by molar-refractivity contribution is 0.0785. The molecule has 6 heteroatoms. The van der Waals surface area contributed by atoms with Crippen molar-refractivity contribution in [1.29, 1.82) is 0 Å². The zero-order chi connectivity index (χ0) is 19.5. The molecule has 0 aliphatic heterocycles. The van der Waals surface area contributed by atoms with Gasteiger partial charge in [-0.3, -0.25) is 9.59 Å². The van der Waals surface area contributed by atoms with Crippen LogP contribution in [0.5, 0.6) is 0 Å². The lowest BCUT2D eigenvalue weighted by atomic mass is 9.80. The monoisotopic (exact) mass is 390 g/mol. The summed E-state index contributed by atoms with van der Waals surface area (Å²) >= 11 is 1.33. The number of benzene rings is 1. The molecule has 2 atom stereocenters. The molecule has 2 unspecified atom stereocenters. The molecule has 28 heavy (non-hydrogen) atoms. The smallest absolute Gasteiger partial charge is 0.184 e. The summed E-state index contributed by atoms with van der Waals surface area (Å²) in [5.74, 6) is -0.940. The van der Waals surface area contributed by atoms with Crippen molar-refractivity contribution >= 4 is 22.9 Å². The Hall–Kier alpha value is -3.25. The number of imidazole rings is 1. The highest BCUT2D eigenvalue weighted by molar-refractivity contribution is 7.12. The van der Waals surface area contributed by atoms with Crippen LogP contribution in [0.1, 0.15) is 37.5 Å². The van der Waals surface area contributed by atoms with E-state index in [1.54, 1.807) is 61.1 Å². The molecule has 0 saturated heterocycles. The Morgan fingerprint density at radius 2 is 1.86 bits per heavy atom. The zero-order valence-corrected chi connectivity index (χ0v) is 16.0. The first-order valence-corrected chi connectivity index (χ1v) is 9.72. The minimum atomic E-state index is -0.978. The number of aryl methyl sites for hydroxylation is 1. The first-order valence-electron chi connectivity index (χ1n) is 8.84. The van der Waals surface area contributed by atoms with Gasteiger partial charge >= 0.3 is 0 Å². The molecule has 0 spiro atoms. The van der Waals surface area contributed by atoms with Crippen molar-refractivity contribution in [2.24, 2.45) is 13.0 Å². The molecule has 0 saturated carbocycles. The first kappa shape index (κ1) is 18.1. The lowest BCUT2D eigenvalue weighted by Gasteiger charge is -2.23. The van der Waals surface area contributed by atoms with Gasteiger partial charge in [0.2, 0.25) is 0 Å². The van der Waals surface area contributed by atoms with Crippen molar-refractivity contribution in [1.82, 2.24) is 9.55 Å². The average Bonchev–Trinajstić information content (AvgIpc) is 3.48. The molecule has 0 aliphatic rings. The normalized spacial score (nSPS) is 13.2. The van der Waals surface area contributed by atoms with Gasteiger partial charge in [0.25, 0.3) is 0 Å². The van der Waals surface area contributed by atoms with Crippen LogP contribution in [0.25, 0.3) is 0 Å². The number of rotatable bonds is 7. The Balaban J connectivity index is 1.88. The average molecular weight is 390 g/mol. The molecule has 0 bridgehead atoms.